The monoisotopic (exact) mass is 326 g/mol. The third-order valence-corrected chi connectivity index (χ3v) is 3.96. The number of likely N-dealkylation sites (tertiary alicyclic amines) is 1. The van der Waals surface area contributed by atoms with Gasteiger partial charge in [0, 0.05) is 41.5 Å². The van der Waals surface area contributed by atoms with E-state index in [1.54, 1.807) is 41.6 Å². The molecule has 0 saturated carbocycles. The molecule has 23 heavy (non-hydrogen) atoms. The van der Waals surface area contributed by atoms with Crippen LogP contribution in [0.5, 0.6) is 0 Å². The lowest BCUT2D eigenvalue weighted by Crippen LogP contribution is -2.35. The van der Waals surface area contributed by atoms with Crippen molar-refractivity contribution in [2.24, 2.45) is 0 Å². The van der Waals surface area contributed by atoms with E-state index in [4.69, 9.17) is 11.6 Å². The average molecular weight is 327 g/mol. The van der Waals surface area contributed by atoms with Gasteiger partial charge in [0.25, 0.3) is 5.91 Å². The minimum atomic E-state index is -1.19. The molecule has 1 aromatic heterocycles. The predicted octanol–water partition coefficient (Wildman–Crippen LogP) is 2.36. The van der Waals surface area contributed by atoms with Crippen molar-refractivity contribution in [1.29, 1.82) is 0 Å². The zero-order valence-corrected chi connectivity index (χ0v) is 13.1. The van der Waals surface area contributed by atoms with Gasteiger partial charge in [0.15, 0.2) is 0 Å². The minimum absolute atomic E-state index is 0.118. The van der Waals surface area contributed by atoms with Crippen LogP contribution < -0.4 is 0 Å². The summed E-state index contributed by atoms with van der Waals surface area (Å²) in [4.78, 5) is 17.9. The summed E-state index contributed by atoms with van der Waals surface area (Å²) in [6.45, 7) is 0.670. The number of benzene rings is 1. The molecule has 0 spiro atoms. The molecule has 3 rings (SSSR count). The van der Waals surface area contributed by atoms with Gasteiger partial charge in [-0.1, -0.05) is 29.5 Å². The number of aliphatic hydroxyl groups is 1. The number of pyridine rings is 1. The Labute approximate surface area is 139 Å². The first-order chi connectivity index (χ1) is 11.1. The molecule has 1 fully saturated rings. The van der Waals surface area contributed by atoms with Gasteiger partial charge in [-0.05, 0) is 30.3 Å². The number of aromatic nitrogens is 1. The molecule has 0 bridgehead atoms. The van der Waals surface area contributed by atoms with Crippen molar-refractivity contribution < 1.29 is 9.90 Å². The van der Waals surface area contributed by atoms with E-state index in [2.05, 4.69) is 16.8 Å². The van der Waals surface area contributed by atoms with Gasteiger partial charge >= 0.3 is 0 Å². The lowest BCUT2D eigenvalue weighted by atomic mass is 10.0. The van der Waals surface area contributed by atoms with Crippen molar-refractivity contribution in [2.75, 3.05) is 13.1 Å². The number of hydrogen-bond acceptors (Lipinski definition) is 3. The third-order valence-electron chi connectivity index (χ3n) is 3.73. The summed E-state index contributed by atoms with van der Waals surface area (Å²) in [5.41, 5.74) is 0.113. The third kappa shape index (κ3) is 3.70. The Morgan fingerprint density at radius 2 is 2.09 bits per heavy atom. The Hall–Kier alpha value is -2.35. The van der Waals surface area contributed by atoms with Crippen LogP contribution in [0.1, 0.15) is 22.3 Å². The Morgan fingerprint density at radius 1 is 1.30 bits per heavy atom. The van der Waals surface area contributed by atoms with E-state index in [0.717, 1.165) is 5.56 Å². The van der Waals surface area contributed by atoms with Gasteiger partial charge in [0.05, 0.1) is 6.54 Å². The van der Waals surface area contributed by atoms with E-state index in [0.29, 0.717) is 23.6 Å². The fourth-order valence-electron chi connectivity index (χ4n) is 2.50. The van der Waals surface area contributed by atoms with Gasteiger partial charge in [-0.2, -0.15) is 0 Å². The van der Waals surface area contributed by atoms with Crippen molar-refractivity contribution >= 4 is 17.5 Å². The van der Waals surface area contributed by atoms with Crippen molar-refractivity contribution in [3.05, 3.63) is 64.9 Å². The minimum Gasteiger partial charge on any atom is -0.376 e. The molecule has 2 aromatic rings. The van der Waals surface area contributed by atoms with Crippen LogP contribution in [0, 0.1) is 11.8 Å². The second-order valence-corrected chi connectivity index (χ2v) is 5.94. The van der Waals surface area contributed by atoms with E-state index >= 15 is 0 Å². The van der Waals surface area contributed by atoms with Gasteiger partial charge in [-0.25, -0.2) is 0 Å². The molecule has 0 aliphatic carbocycles. The maximum Gasteiger partial charge on any atom is 0.254 e. The first kappa shape index (κ1) is 15.5. The first-order valence-corrected chi connectivity index (χ1v) is 7.64. The van der Waals surface area contributed by atoms with Crippen molar-refractivity contribution in [3.8, 4) is 11.8 Å². The fraction of sp³-hybridized carbons (Fsp3) is 0.222. The molecule has 1 saturated heterocycles. The predicted molar refractivity (Wildman–Crippen MR) is 88.0 cm³/mol. The maximum atomic E-state index is 12.4. The van der Waals surface area contributed by atoms with E-state index in [1.165, 1.54) is 0 Å². The molecule has 1 aliphatic heterocycles. The van der Waals surface area contributed by atoms with Gasteiger partial charge in [0.1, 0.15) is 5.60 Å². The van der Waals surface area contributed by atoms with E-state index in [-0.39, 0.29) is 12.5 Å². The second-order valence-electron chi connectivity index (χ2n) is 5.50. The van der Waals surface area contributed by atoms with Crippen LogP contribution in [0.4, 0.5) is 0 Å². The van der Waals surface area contributed by atoms with E-state index < -0.39 is 5.60 Å². The summed E-state index contributed by atoms with van der Waals surface area (Å²) < 4.78 is 0. The van der Waals surface area contributed by atoms with Crippen LogP contribution in [0.15, 0.2) is 48.8 Å². The lowest BCUT2D eigenvalue weighted by Gasteiger charge is -2.18. The molecular weight excluding hydrogens is 312 g/mol. The summed E-state index contributed by atoms with van der Waals surface area (Å²) in [5.74, 6) is 5.70. The van der Waals surface area contributed by atoms with Gasteiger partial charge < -0.3 is 10.0 Å². The highest BCUT2D eigenvalue weighted by Gasteiger charge is 2.37. The molecule has 116 valence electrons. The molecule has 2 heterocycles. The van der Waals surface area contributed by atoms with Crippen LogP contribution in [0.3, 0.4) is 0 Å². The highest BCUT2D eigenvalue weighted by atomic mass is 35.5. The molecule has 0 radical (unpaired) electrons. The summed E-state index contributed by atoms with van der Waals surface area (Å²) >= 11 is 5.92. The number of hydrogen-bond donors (Lipinski definition) is 1. The van der Waals surface area contributed by atoms with Gasteiger partial charge in [0.2, 0.25) is 0 Å². The van der Waals surface area contributed by atoms with Crippen LogP contribution in [-0.4, -0.2) is 39.6 Å². The fourth-order valence-corrected chi connectivity index (χ4v) is 2.69. The molecule has 1 N–H and O–H groups in total. The molecule has 1 aromatic carbocycles. The molecule has 5 heteroatoms. The van der Waals surface area contributed by atoms with Crippen molar-refractivity contribution in [1.82, 2.24) is 9.88 Å². The molecule has 1 unspecified atom stereocenters. The Bertz CT molecular complexity index is 782. The van der Waals surface area contributed by atoms with Gasteiger partial charge in [-0.15, -0.1) is 0 Å². The summed E-state index contributed by atoms with van der Waals surface area (Å²) in [6.07, 6.45) is 3.58. The SMILES string of the molecule is O=C(c1ccncc1)N1CCC(O)(C#Cc2cccc(Cl)c2)C1. The van der Waals surface area contributed by atoms with Gasteiger partial charge in [-0.3, -0.25) is 9.78 Å². The second kappa shape index (κ2) is 6.41. The number of rotatable bonds is 1. The van der Waals surface area contributed by atoms with Crippen LogP contribution >= 0.6 is 11.6 Å². The van der Waals surface area contributed by atoms with Crippen molar-refractivity contribution in [2.45, 2.75) is 12.0 Å². The highest BCUT2D eigenvalue weighted by Crippen LogP contribution is 2.22. The first-order valence-electron chi connectivity index (χ1n) is 7.26. The van der Waals surface area contributed by atoms with Crippen LogP contribution in [0.25, 0.3) is 0 Å². The number of carbonyl (C=O) groups excluding carboxylic acids is 1. The lowest BCUT2D eigenvalue weighted by molar-refractivity contribution is 0.0707. The molecular formula is C18H15ClN2O2. The molecule has 4 nitrogen and oxygen atoms in total. The maximum absolute atomic E-state index is 12.4. The normalized spacial score (nSPS) is 20.0. The van der Waals surface area contributed by atoms with E-state index in [1.807, 2.05) is 12.1 Å². The van der Waals surface area contributed by atoms with Crippen LogP contribution in [-0.2, 0) is 0 Å². The summed E-state index contributed by atoms with van der Waals surface area (Å²) in [7, 11) is 0. The quantitative estimate of drug-likeness (QED) is 0.819. The average Bonchev–Trinajstić information content (AvgIpc) is 2.96. The number of β-amino-alcohol motifs (C(OH)–C–C–N with tert-alkyl or cyclic N) is 1. The molecule has 1 atom stereocenters. The zero-order valence-electron chi connectivity index (χ0n) is 12.4. The molecule has 1 amide bonds. The van der Waals surface area contributed by atoms with Crippen molar-refractivity contribution in [3.63, 3.8) is 0 Å². The standard InChI is InChI=1S/C18H15ClN2O2/c19-16-3-1-2-14(12-16)4-7-18(23)8-11-21(13-18)17(22)15-5-9-20-10-6-15/h1-3,5-6,9-10,12,23H,8,11,13H2. The van der Waals surface area contributed by atoms with Crippen LogP contribution in [0.2, 0.25) is 5.02 Å². The number of amides is 1. The summed E-state index contributed by atoms with van der Waals surface area (Å²) in [6, 6.07) is 10.5. The Balaban J connectivity index is 1.73. The topological polar surface area (TPSA) is 53.4 Å². The Kier molecular flexibility index (Phi) is 4.33. The number of nitrogens with zero attached hydrogens (tertiary/aromatic N) is 2. The van der Waals surface area contributed by atoms with E-state index in [9.17, 15) is 9.90 Å². The Morgan fingerprint density at radius 3 is 2.83 bits per heavy atom. The highest BCUT2D eigenvalue weighted by molar-refractivity contribution is 6.30. The number of halogens is 1. The molecule has 1 aliphatic rings. The number of carbonyl (C=O) groups is 1. The smallest absolute Gasteiger partial charge is 0.254 e. The zero-order chi connectivity index (χ0) is 16.3. The largest absolute Gasteiger partial charge is 0.376 e. The summed E-state index contributed by atoms with van der Waals surface area (Å²) in [5, 5.41) is 11.2.